The lowest BCUT2D eigenvalue weighted by molar-refractivity contribution is 0.863. The molecule has 3 aromatic rings. The largest absolute Gasteiger partial charge is 0.353 e. The highest BCUT2D eigenvalue weighted by Gasteiger charge is 1.97. The molecule has 1 aliphatic heterocycles. The van der Waals surface area contributed by atoms with Crippen molar-refractivity contribution in [2.45, 2.75) is 33.4 Å². The van der Waals surface area contributed by atoms with E-state index in [1.54, 1.807) is 12.5 Å². The topological polar surface area (TPSA) is 74.4 Å². The number of aromatic nitrogens is 1. The molecule has 0 saturated carbocycles. The highest BCUT2D eigenvalue weighted by atomic mass is 15.1. The van der Waals surface area contributed by atoms with E-state index in [1.165, 1.54) is 16.7 Å². The smallest absolute Gasteiger partial charge is 0.160 e. The van der Waals surface area contributed by atoms with Gasteiger partial charge in [-0.1, -0.05) is 61.0 Å². The molecule has 0 saturated heterocycles. The molecule has 6 nitrogen and oxygen atoms in total. The van der Waals surface area contributed by atoms with Crippen LogP contribution in [0.4, 0.5) is 5.82 Å². The molecule has 2 heterocycles. The number of benzene rings is 2. The van der Waals surface area contributed by atoms with Crippen molar-refractivity contribution in [3.8, 4) is 0 Å². The third kappa shape index (κ3) is 9.43. The first-order valence-electron chi connectivity index (χ1n) is 11.6. The Morgan fingerprint density at radius 2 is 1.64 bits per heavy atom. The molecule has 1 unspecified atom stereocenters. The molecule has 1 aliphatic rings. The van der Waals surface area contributed by atoms with E-state index in [9.17, 15) is 0 Å². The van der Waals surface area contributed by atoms with E-state index in [0.717, 1.165) is 23.0 Å². The maximum atomic E-state index is 4.26. The van der Waals surface area contributed by atoms with Crippen molar-refractivity contribution < 1.29 is 0 Å². The lowest BCUT2D eigenvalue weighted by atomic mass is 10.0. The first-order chi connectivity index (χ1) is 17.5. The van der Waals surface area contributed by atoms with Gasteiger partial charge in [-0.2, -0.15) is 0 Å². The molecule has 184 valence electrons. The Labute approximate surface area is 214 Å². The Bertz CT molecular complexity index is 1270. The highest BCUT2D eigenvalue weighted by molar-refractivity contribution is 5.79. The summed E-state index contributed by atoms with van der Waals surface area (Å²) in [6, 6.07) is 20.1. The van der Waals surface area contributed by atoms with Crippen molar-refractivity contribution >= 4 is 55.4 Å². The number of hydrogen-bond donors (Lipinski definition) is 1. The molecule has 4 rings (SSSR count). The van der Waals surface area contributed by atoms with Gasteiger partial charge in [0.1, 0.15) is 0 Å². The Morgan fingerprint density at radius 3 is 2.22 bits per heavy atom. The molecule has 1 N–H and O–H groups in total. The standard InChI is InChI=1S/C15H19N.C10H8N2.C5H7N3/c1-5-12(2)10-14-8-6-7-9-15(14)11-13(3)16-4;1-11-10-7-6-8-4-2-3-5-9(8)12-10;1-6-5-2-3-7-4-8-5/h6-11H,4-5H2,1-3H3;2-7H,1H2;2-5H,1H2,(H,7,8)/b12-10+,13-11+;;. The summed E-state index contributed by atoms with van der Waals surface area (Å²) in [6.45, 7) is 16.6. The zero-order chi connectivity index (χ0) is 26.2. The normalized spacial score (nSPS) is 14.5. The number of pyridine rings is 1. The van der Waals surface area contributed by atoms with Gasteiger partial charge in [0.2, 0.25) is 0 Å². The predicted octanol–water partition coefficient (Wildman–Crippen LogP) is 7.29. The van der Waals surface area contributed by atoms with Crippen LogP contribution in [0.25, 0.3) is 23.1 Å². The van der Waals surface area contributed by atoms with Crippen LogP contribution in [0.5, 0.6) is 0 Å². The van der Waals surface area contributed by atoms with Gasteiger partial charge in [0, 0.05) is 17.3 Å². The van der Waals surface area contributed by atoms with Gasteiger partial charge in [0.15, 0.2) is 12.0 Å². The van der Waals surface area contributed by atoms with E-state index >= 15 is 0 Å². The number of fused-ring (bicyclic) bond motifs is 1. The number of para-hydroxylation sites is 1. The van der Waals surface area contributed by atoms with Crippen LogP contribution >= 0.6 is 0 Å². The number of hydrogen-bond acceptors (Lipinski definition) is 6. The summed E-state index contributed by atoms with van der Waals surface area (Å²) in [7, 11) is 0. The van der Waals surface area contributed by atoms with Crippen LogP contribution in [-0.4, -0.2) is 37.6 Å². The average Bonchev–Trinajstić information content (AvgIpc) is 2.94. The van der Waals surface area contributed by atoms with Gasteiger partial charge < -0.3 is 5.32 Å². The van der Waals surface area contributed by atoms with Crippen LogP contribution in [0.1, 0.15) is 38.3 Å². The minimum Gasteiger partial charge on any atom is -0.353 e. The molecule has 0 aliphatic carbocycles. The van der Waals surface area contributed by atoms with E-state index in [1.807, 2.05) is 55.5 Å². The van der Waals surface area contributed by atoms with Gasteiger partial charge in [-0.3, -0.25) is 9.98 Å². The molecule has 0 spiro atoms. The number of allylic oxidation sites excluding steroid dienone is 2. The van der Waals surface area contributed by atoms with Crippen molar-refractivity contribution in [3.05, 3.63) is 95.3 Å². The molecule has 0 radical (unpaired) electrons. The Hall–Kier alpha value is -4.45. The van der Waals surface area contributed by atoms with Gasteiger partial charge in [-0.15, -0.1) is 0 Å². The molecule has 1 aromatic heterocycles. The van der Waals surface area contributed by atoms with E-state index < -0.39 is 0 Å². The number of rotatable bonds is 6. The van der Waals surface area contributed by atoms with Crippen molar-refractivity contribution in [1.82, 2.24) is 10.3 Å². The maximum absolute atomic E-state index is 4.26. The minimum atomic E-state index is -0.0729. The van der Waals surface area contributed by atoms with Crippen molar-refractivity contribution in [3.63, 3.8) is 0 Å². The van der Waals surface area contributed by atoms with Gasteiger partial charge in [0.25, 0.3) is 0 Å². The number of aliphatic imine (C=N–C) groups is 4. The molecule has 0 fully saturated rings. The highest BCUT2D eigenvalue weighted by Crippen LogP contribution is 2.18. The van der Waals surface area contributed by atoms with Crippen molar-refractivity contribution in [2.75, 3.05) is 0 Å². The van der Waals surface area contributed by atoms with Crippen LogP contribution < -0.4 is 5.32 Å². The van der Waals surface area contributed by atoms with E-state index in [2.05, 4.69) is 94.6 Å². The molecule has 6 heteroatoms. The molecule has 0 amide bonds. The summed E-state index contributed by atoms with van der Waals surface area (Å²) in [5.74, 6) is 0.675. The second-order valence-electron chi connectivity index (χ2n) is 7.84. The van der Waals surface area contributed by atoms with Crippen molar-refractivity contribution in [2.24, 2.45) is 20.0 Å². The first-order valence-corrected chi connectivity index (χ1v) is 11.6. The Morgan fingerprint density at radius 1 is 0.944 bits per heavy atom. The van der Waals surface area contributed by atoms with Gasteiger partial charge in [-0.25, -0.2) is 15.0 Å². The molecule has 0 bridgehead atoms. The Balaban J connectivity index is 0.000000201. The monoisotopic (exact) mass is 478 g/mol. The summed E-state index contributed by atoms with van der Waals surface area (Å²) in [6.07, 6.45) is 10.5. The molecule has 2 aromatic carbocycles. The summed E-state index contributed by atoms with van der Waals surface area (Å²) >= 11 is 0. The Kier molecular flexibility index (Phi) is 11.9. The lowest BCUT2D eigenvalue weighted by Gasteiger charge is -2.03. The van der Waals surface area contributed by atoms with Crippen LogP contribution in [0.15, 0.2) is 104 Å². The average molecular weight is 479 g/mol. The van der Waals surface area contributed by atoms with Crippen LogP contribution in [-0.2, 0) is 0 Å². The van der Waals surface area contributed by atoms with Crippen molar-refractivity contribution in [1.29, 1.82) is 0 Å². The summed E-state index contributed by atoms with van der Waals surface area (Å²) in [4.78, 5) is 19.5. The van der Waals surface area contributed by atoms with Crippen LogP contribution in [0.3, 0.4) is 0 Å². The summed E-state index contributed by atoms with van der Waals surface area (Å²) in [5.41, 5.74) is 5.72. The predicted molar refractivity (Wildman–Crippen MR) is 159 cm³/mol. The fourth-order valence-corrected chi connectivity index (χ4v) is 3.02. The van der Waals surface area contributed by atoms with Gasteiger partial charge in [0.05, 0.1) is 11.9 Å². The SMILES string of the molecule is C=N/C(C)=C/c1ccccc1/C=C(\C)CC.C=NC1C=CNC=N1.C=Nc1ccc2ccccc2n1. The van der Waals surface area contributed by atoms with Crippen LogP contribution in [0.2, 0.25) is 0 Å². The molecular formula is C30H34N6. The van der Waals surface area contributed by atoms with Gasteiger partial charge in [-0.05, 0) is 81.9 Å². The van der Waals surface area contributed by atoms with E-state index in [4.69, 9.17) is 0 Å². The minimum absolute atomic E-state index is 0.0729. The molecule has 36 heavy (non-hydrogen) atoms. The fraction of sp³-hybridized carbons (Fsp3) is 0.167. The second kappa shape index (κ2) is 15.5. The van der Waals surface area contributed by atoms with E-state index in [0.29, 0.717) is 5.82 Å². The quantitative estimate of drug-likeness (QED) is 0.378. The zero-order valence-corrected chi connectivity index (χ0v) is 21.3. The maximum Gasteiger partial charge on any atom is 0.160 e. The molecular weight excluding hydrogens is 444 g/mol. The fourth-order valence-electron chi connectivity index (χ4n) is 3.02. The van der Waals surface area contributed by atoms with E-state index in [-0.39, 0.29) is 6.17 Å². The van der Waals surface area contributed by atoms with Gasteiger partial charge >= 0.3 is 0 Å². The molecule has 1 atom stereocenters. The number of nitrogens with one attached hydrogen (secondary N) is 1. The third-order valence-corrected chi connectivity index (χ3v) is 5.17. The third-order valence-electron chi connectivity index (χ3n) is 5.17. The van der Waals surface area contributed by atoms with Crippen LogP contribution in [0, 0.1) is 0 Å². The summed E-state index contributed by atoms with van der Waals surface area (Å²) in [5, 5.41) is 3.92. The number of nitrogens with zero attached hydrogens (tertiary/aromatic N) is 5. The summed E-state index contributed by atoms with van der Waals surface area (Å²) < 4.78 is 0. The lowest BCUT2D eigenvalue weighted by Crippen LogP contribution is -2.10. The first kappa shape index (κ1) is 27.8. The zero-order valence-electron chi connectivity index (χ0n) is 21.3. The second-order valence-corrected chi connectivity index (χ2v) is 7.84.